The summed E-state index contributed by atoms with van der Waals surface area (Å²) in [6.07, 6.45) is 0. The van der Waals surface area contributed by atoms with Gasteiger partial charge < -0.3 is 20.1 Å². The summed E-state index contributed by atoms with van der Waals surface area (Å²) in [5.41, 5.74) is 0.556. The van der Waals surface area contributed by atoms with E-state index in [-0.39, 0.29) is 17.2 Å². The molecule has 0 heterocycles. The normalized spacial score (nSPS) is 11.6. The van der Waals surface area contributed by atoms with E-state index < -0.39 is 24.5 Å². The lowest BCUT2D eigenvalue weighted by molar-refractivity contribution is -0.117. The van der Waals surface area contributed by atoms with Crippen molar-refractivity contribution in [2.75, 3.05) is 12.4 Å². The maximum Gasteiger partial charge on any atom is 0.387 e. The molecule has 0 aliphatic heterocycles. The Balaban J connectivity index is 2.03. The molecule has 2 N–H and O–H groups in total. The van der Waals surface area contributed by atoms with Crippen molar-refractivity contribution in [2.45, 2.75) is 19.6 Å². The molecule has 0 fully saturated rings. The molecule has 27 heavy (non-hydrogen) atoms. The van der Waals surface area contributed by atoms with Crippen LogP contribution in [0.4, 0.5) is 14.5 Å². The molecule has 9 heteroatoms. The van der Waals surface area contributed by atoms with Gasteiger partial charge in [0.05, 0.1) is 7.11 Å². The smallest absolute Gasteiger partial charge is 0.387 e. The van der Waals surface area contributed by atoms with Crippen LogP contribution < -0.4 is 20.1 Å². The highest BCUT2D eigenvalue weighted by atomic mass is 35.5. The average Bonchev–Trinajstić information content (AvgIpc) is 2.61. The molecule has 0 aliphatic rings. The lowest BCUT2D eigenvalue weighted by Crippen LogP contribution is -2.41. The Morgan fingerprint density at radius 3 is 2.33 bits per heavy atom. The minimum Gasteiger partial charge on any atom is -0.493 e. The molecule has 2 rings (SSSR count). The minimum atomic E-state index is -3.04. The first kappa shape index (κ1) is 20.4. The SMILES string of the molecule is COc1ccc(NC(=O)[C@@H](C)NC(=O)c2ccc(Cl)cc2)cc1OC(F)F. The largest absolute Gasteiger partial charge is 0.493 e. The molecule has 0 radical (unpaired) electrons. The molecule has 144 valence electrons. The number of hydrogen-bond donors (Lipinski definition) is 2. The van der Waals surface area contributed by atoms with Crippen LogP contribution in [0.25, 0.3) is 0 Å². The molecule has 2 amide bonds. The molecule has 0 bridgehead atoms. The van der Waals surface area contributed by atoms with Crippen molar-refractivity contribution in [3.05, 3.63) is 53.1 Å². The highest BCUT2D eigenvalue weighted by molar-refractivity contribution is 6.30. The molecule has 6 nitrogen and oxygen atoms in total. The standard InChI is InChI=1S/C18H17ClF2N2O4/c1-10(22-17(25)11-3-5-12(19)6-4-11)16(24)23-13-7-8-14(26-2)15(9-13)27-18(20)21/h3-10,18H,1-2H3,(H,22,25)(H,23,24)/t10-/m1/s1. The summed E-state index contributed by atoms with van der Waals surface area (Å²) in [6.45, 7) is -1.55. The topological polar surface area (TPSA) is 76.7 Å². The van der Waals surface area contributed by atoms with Gasteiger partial charge in [-0.3, -0.25) is 9.59 Å². The van der Waals surface area contributed by atoms with Gasteiger partial charge in [-0.2, -0.15) is 8.78 Å². The first-order chi connectivity index (χ1) is 12.8. The summed E-state index contributed by atoms with van der Waals surface area (Å²) in [4.78, 5) is 24.4. The summed E-state index contributed by atoms with van der Waals surface area (Å²) in [5.74, 6) is -1.11. The Bertz CT molecular complexity index is 816. The van der Waals surface area contributed by atoms with Crippen LogP contribution in [0.5, 0.6) is 11.5 Å². The monoisotopic (exact) mass is 398 g/mol. The van der Waals surface area contributed by atoms with Crippen LogP contribution >= 0.6 is 11.6 Å². The van der Waals surface area contributed by atoms with E-state index in [9.17, 15) is 18.4 Å². The van der Waals surface area contributed by atoms with E-state index in [1.165, 1.54) is 44.4 Å². The van der Waals surface area contributed by atoms with Gasteiger partial charge in [-0.25, -0.2) is 0 Å². The number of carbonyl (C=O) groups is 2. The number of halogens is 3. The van der Waals surface area contributed by atoms with E-state index in [0.29, 0.717) is 10.6 Å². The van der Waals surface area contributed by atoms with Gasteiger partial charge in [0.1, 0.15) is 6.04 Å². The van der Waals surface area contributed by atoms with E-state index in [4.69, 9.17) is 16.3 Å². The van der Waals surface area contributed by atoms with Gasteiger partial charge in [-0.15, -0.1) is 0 Å². The molecule has 0 aliphatic carbocycles. The van der Waals surface area contributed by atoms with Gasteiger partial charge >= 0.3 is 6.61 Å². The van der Waals surface area contributed by atoms with E-state index in [1.54, 1.807) is 12.1 Å². The van der Waals surface area contributed by atoms with Gasteiger partial charge in [-0.05, 0) is 43.3 Å². The van der Waals surface area contributed by atoms with E-state index >= 15 is 0 Å². The number of ether oxygens (including phenoxy) is 2. The number of nitrogens with one attached hydrogen (secondary N) is 2. The Hall–Kier alpha value is -2.87. The predicted molar refractivity (Wildman–Crippen MR) is 96.6 cm³/mol. The van der Waals surface area contributed by atoms with Crippen LogP contribution in [0.15, 0.2) is 42.5 Å². The summed E-state index contributed by atoms with van der Waals surface area (Å²) in [5, 5.41) is 5.54. The lowest BCUT2D eigenvalue weighted by Gasteiger charge is -2.16. The second kappa shape index (κ2) is 9.18. The molecule has 2 aromatic rings. The molecule has 0 aromatic heterocycles. The first-order valence-corrected chi connectivity index (χ1v) is 8.18. The fourth-order valence-electron chi connectivity index (χ4n) is 2.14. The zero-order valence-corrected chi connectivity index (χ0v) is 15.2. The lowest BCUT2D eigenvalue weighted by atomic mass is 10.2. The summed E-state index contributed by atoms with van der Waals surface area (Å²) in [6, 6.07) is 9.34. The fraction of sp³-hybridized carbons (Fsp3) is 0.222. The van der Waals surface area contributed by atoms with Crippen LogP contribution in [0.1, 0.15) is 17.3 Å². The Morgan fingerprint density at radius 1 is 1.07 bits per heavy atom. The number of anilines is 1. The van der Waals surface area contributed by atoms with Gasteiger partial charge in [-0.1, -0.05) is 11.6 Å². The van der Waals surface area contributed by atoms with E-state index in [0.717, 1.165) is 0 Å². The first-order valence-electron chi connectivity index (χ1n) is 7.80. The Kier molecular flexibility index (Phi) is 6.95. The van der Waals surface area contributed by atoms with Gasteiger partial charge in [0.2, 0.25) is 5.91 Å². The Labute approximate surface area is 159 Å². The second-order valence-corrected chi connectivity index (χ2v) is 5.87. The zero-order valence-electron chi connectivity index (χ0n) is 14.5. The fourth-order valence-corrected chi connectivity index (χ4v) is 2.27. The van der Waals surface area contributed by atoms with Crippen molar-refractivity contribution in [3.8, 4) is 11.5 Å². The highest BCUT2D eigenvalue weighted by Crippen LogP contribution is 2.31. The highest BCUT2D eigenvalue weighted by Gasteiger charge is 2.18. The van der Waals surface area contributed by atoms with Gasteiger partial charge in [0.25, 0.3) is 5.91 Å². The number of rotatable bonds is 7. The van der Waals surface area contributed by atoms with Crippen molar-refractivity contribution in [2.24, 2.45) is 0 Å². The van der Waals surface area contributed by atoms with Crippen LogP contribution in [-0.4, -0.2) is 31.6 Å². The maximum atomic E-state index is 12.5. The van der Waals surface area contributed by atoms with E-state index in [1.807, 2.05) is 0 Å². The number of carbonyl (C=O) groups excluding carboxylic acids is 2. The summed E-state index contributed by atoms with van der Waals surface area (Å²) >= 11 is 5.77. The molecule has 0 saturated heterocycles. The number of methoxy groups -OCH3 is 1. The molecule has 0 saturated carbocycles. The van der Waals surface area contributed by atoms with Crippen LogP contribution in [0.3, 0.4) is 0 Å². The number of amides is 2. The number of benzene rings is 2. The summed E-state index contributed by atoms with van der Waals surface area (Å²) < 4.78 is 34.2. The maximum absolute atomic E-state index is 12.5. The van der Waals surface area contributed by atoms with Crippen molar-refractivity contribution in [1.82, 2.24) is 5.32 Å². The van der Waals surface area contributed by atoms with Crippen LogP contribution in [0.2, 0.25) is 5.02 Å². The molecule has 2 aromatic carbocycles. The number of hydrogen-bond acceptors (Lipinski definition) is 4. The van der Waals surface area contributed by atoms with Crippen LogP contribution in [-0.2, 0) is 4.79 Å². The molecular weight excluding hydrogens is 382 g/mol. The molecule has 1 atom stereocenters. The van der Waals surface area contributed by atoms with Crippen molar-refractivity contribution >= 4 is 29.1 Å². The molecule has 0 spiro atoms. The quantitative estimate of drug-likeness (QED) is 0.745. The third-order valence-corrected chi connectivity index (χ3v) is 3.75. The number of alkyl halides is 2. The average molecular weight is 399 g/mol. The predicted octanol–water partition coefficient (Wildman–Crippen LogP) is 3.71. The zero-order chi connectivity index (χ0) is 20.0. The van der Waals surface area contributed by atoms with Crippen molar-refractivity contribution in [1.29, 1.82) is 0 Å². The molecular formula is C18H17ClF2N2O4. The molecule has 0 unspecified atom stereocenters. The third-order valence-electron chi connectivity index (χ3n) is 3.49. The minimum absolute atomic E-state index is 0.0948. The van der Waals surface area contributed by atoms with Gasteiger partial charge in [0, 0.05) is 22.3 Å². The Morgan fingerprint density at radius 2 is 1.74 bits per heavy atom. The van der Waals surface area contributed by atoms with Crippen molar-refractivity contribution < 1.29 is 27.8 Å². The van der Waals surface area contributed by atoms with Crippen LogP contribution in [0, 0.1) is 0 Å². The third kappa shape index (κ3) is 5.82. The van der Waals surface area contributed by atoms with Gasteiger partial charge in [0.15, 0.2) is 11.5 Å². The van der Waals surface area contributed by atoms with E-state index in [2.05, 4.69) is 15.4 Å². The second-order valence-electron chi connectivity index (χ2n) is 5.44. The summed E-state index contributed by atoms with van der Waals surface area (Å²) in [7, 11) is 1.31. The van der Waals surface area contributed by atoms with Crippen molar-refractivity contribution in [3.63, 3.8) is 0 Å².